The molecular formula is C22H29N3O2. The summed E-state index contributed by atoms with van der Waals surface area (Å²) in [6, 6.07) is 16.2. The average Bonchev–Trinajstić information content (AvgIpc) is 2.70. The molecule has 27 heavy (non-hydrogen) atoms. The quantitative estimate of drug-likeness (QED) is 0.557. The molecule has 0 saturated heterocycles. The molecule has 0 aliphatic carbocycles. The number of anilines is 3. The Morgan fingerprint density at radius 2 is 1.30 bits per heavy atom. The molecular weight excluding hydrogens is 338 g/mol. The zero-order chi connectivity index (χ0) is 19.6. The van der Waals surface area contributed by atoms with E-state index < -0.39 is 11.8 Å². The van der Waals surface area contributed by atoms with Crippen LogP contribution in [0.15, 0.2) is 54.6 Å². The van der Waals surface area contributed by atoms with Gasteiger partial charge in [0.2, 0.25) is 0 Å². The van der Waals surface area contributed by atoms with Crippen LogP contribution in [0.4, 0.5) is 17.1 Å². The number of unbranched alkanes of at least 4 members (excludes halogenated alkanes) is 2. The molecule has 0 heterocycles. The number of carbonyl (C=O) groups is 2. The minimum atomic E-state index is -0.543. The summed E-state index contributed by atoms with van der Waals surface area (Å²) >= 11 is 0. The summed E-state index contributed by atoms with van der Waals surface area (Å²) in [6.07, 6.45) is 3.72. The third-order valence-electron chi connectivity index (χ3n) is 4.40. The highest BCUT2D eigenvalue weighted by atomic mass is 16.2. The van der Waals surface area contributed by atoms with E-state index in [-0.39, 0.29) is 0 Å². The number of amides is 2. The molecule has 2 amide bonds. The molecule has 0 fully saturated rings. The number of rotatable bonds is 8. The molecule has 0 atom stereocenters. The Bertz CT molecular complexity index is 721. The second-order valence-electron chi connectivity index (χ2n) is 6.57. The molecule has 0 radical (unpaired) electrons. The van der Waals surface area contributed by atoms with Gasteiger partial charge in [-0.1, -0.05) is 44.9 Å². The predicted octanol–water partition coefficient (Wildman–Crippen LogP) is 4.36. The number of hydrogen-bond donors (Lipinski definition) is 1. The first-order valence-corrected chi connectivity index (χ1v) is 9.62. The van der Waals surface area contributed by atoms with Crippen LogP contribution in [0.25, 0.3) is 0 Å². The van der Waals surface area contributed by atoms with E-state index in [4.69, 9.17) is 5.73 Å². The molecule has 0 aliphatic rings. The van der Waals surface area contributed by atoms with Crippen LogP contribution in [0.3, 0.4) is 0 Å². The lowest BCUT2D eigenvalue weighted by Gasteiger charge is -2.27. The number of nitrogen functional groups attached to an aromatic ring is 1. The van der Waals surface area contributed by atoms with Crippen molar-refractivity contribution < 1.29 is 9.59 Å². The molecule has 2 N–H and O–H groups in total. The van der Waals surface area contributed by atoms with Crippen molar-refractivity contribution in [2.24, 2.45) is 0 Å². The number of benzene rings is 2. The molecule has 0 spiro atoms. The molecule has 2 rings (SSSR count). The Morgan fingerprint density at radius 1 is 0.778 bits per heavy atom. The number of nitrogens with two attached hydrogens (primary N) is 1. The van der Waals surface area contributed by atoms with E-state index in [0.29, 0.717) is 30.2 Å². The molecule has 5 heteroatoms. The molecule has 144 valence electrons. The van der Waals surface area contributed by atoms with Crippen LogP contribution in [0.2, 0.25) is 0 Å². The lowest BCUT2D eigenvalue weighted by Crippen LogP contribution is -2.44. The first kappa shape index (κ1) is 20.5. The highest BCUT2D eigenvalue weighted by Gasteiger charge is 2.28. The van der Waals surface area contributed by atoms with Crippen LogP contribution in [0.5, 0.6) is 0 Å². The zero-order valence-electron chi connectivity index (χ0n) is 16.2. The number of carbonyl (C=O) groups excluding carboxylic acids is 2. The fourth-order valence-electron chi connectivity index (χ4n) is 2.83. The van der Waals surface area contributed by atoms with Crippen molar-refractivity contribution in [1.82, 2.24) is 4.90 Å². The molecule has 0 unspecified atom stereocenters. The van der Waals surface area contributed by atoms with Gasteiger partial charge in [-0.3, -0.25) is 14.5 Å². The zero-order valence-corrected chi connectivity index (χ0v) is 16.2. The second-order valence-corrected chi connectivity index (χ2v) is 6.57. The Hall–Kier alpha value is -2.82. The lowest BCUT2D eigenvalue weighted by atomic mass is 10.2. The van der Waals surface area contributed by atoms with Crippen molar-refractivity contribution in [3.8, 4) is 0 Å². The van der Waals surface area contributed by atoms with Gasteiger partial charge in [-0.05, 0) is 49.2 Å². The monoisotopic (exact) mass is 367 g/mol. The van der Waals surface area contributed by atoms with Gasteiger partial charge in [-0.15, -0.1) is 0 Å². The Morgan fingerprint density at radius 3 is 1.81 bits per heavy atom. The number of hydrogen-bond acceptors (Lipinski definition) is 3. The number of nitrogens with zero attached hydrogens (tertiary/aromatic N) is 2. The molecule has 0 aliphatic heterocycles. The lowest BCUT2D eigenvalue weighted by molar-refractivity contribution is -0.144. The van der Waals surface area contributed by atoms with Gasteiger partial charge in [0.15, 0.2) is 0 Å². The van der Waals surface area contributed by atoms with E-state index in [2.05, 4.69) is 13.8 Å². The fourth-order valence-corrected chi connectivity index (χ4v) is 2.83. The van der Waals surface area contributed by atoms with Crippen molar-refractivity contribution in [1.29, 1.82) is 0 Å². The van der Waals surface area contributed by atoms with Crippen LogP contribution in [0.1, 0.15) is 39.5 Å². The standard InChI is InChI=1S/C22H29N3O2/c1-3-5-16-24(17-6-4-2)21(26)22(27)25(19-10-8-7-9-11-19)20-14-12-18(23)13-15-20/h7-15H,3-6,16-17,23H2,1-2H3. The molecule has 2 aromatic rings. The van der Waals surface area contributed by atoms with Crippen LogP contribution in [0, 0.1) is 0 Å². The Balaban J connectivity index is 2.34. The Kier molecular flexibility index (Phi) is 7.86. The highest BCUT2D eigenvalue weighted by molar-refractivity contribution is 6.42. The van der Waals surface area contributed by atoms with Crippen LogP contribution >= 0.6 is 0 Å². The summed E-state index contributed by atoms with van der Waals surface area (Å²) in [5.74, 6) is -1.00. The molecule has 0 saturated carbocycles. The van der Waals surface area contributed by atoms with Crippen molar-refractivity contribution in [3.63, 3.8) is 0 Å². The molecule has 2 aromatic carbocycles. The predicted molar refractivity (Wildman–Crippen MR) is 111 cm³/mol. The first-order valence-electron chi connectivity index (χ1n) is 9.62. The summed E-state index contributed by atoms with van der Waals surface area (Å²) in [5.41, 5.74) is 7.67. The van der Waals surface area contributed by atoms with Gasteiger partial charge in [-0.25, -0.2) is 0 Å². The van der Waals surface area contributed by atoms with Gasteiger partial charge in [0, 0.05) is 30.2 Å². The highest BCUT2D eigenvalue weighted by Crippen LogP contribution is 2.26. The van der Waals surface area contributed by atoms with E-state index in [1.165, 1.54) is 4.90 Å². The molecule has 0 bridgehead atoms. The fraction of sp³-hybridized carbons (Fsp3) is 0.364. The van der Waals surface area contributed by atoms with Gasteiger partial charge >= 0.3 is 11.8 Å². The van der Waals surface area contributed by atoms with E-state index in [1.54, 1.807) is 29.2 Å². The van der Waals surface area contributed by atoms with E-state index >= 15 is 0 Å². The maximum absolute atomic E-state index is 13.2. The first-order chi connectivity index (χ1) is 13.1. The maximum atomic E-state index is 13.2. The van der Waals surface area contributed by atoms with Crippen molar-refractivity contribution >= 4 is 28.9 Å². The summed E-state index contributed by atoms with van der Waals surface area (Å²) in [6.45, 7) is 5.36. The topological polar surface area (TPSA) is 66.6 Å². The average molecular weight is 367 g/mol. The summed E-state index contributed by atoms with van der Waals surface area (Å²) < 4.78 is 0. The minimum Gasteiger partial charge on any atom is -0.399 e. The van der Waals surface area contributed by atoms with E-state index in [0.717, 1.165) is 25.7 Å². The van der Waals surface area contributed by atoms with Crippen molar-refractivity contribution in [2.75, 3.05) is 23.7 Å². The van der Waals surface area contributed by atoms with Crippen molar-refractivity contribution in [2.45, 2.75) is 39.5 Å². The van der Waals surface area contributed by atoms with Crippen molar-refractivity contribution in [3.05, 3.63) is 54.6 Å². The SMILES string of the molecule is CCCCN(CCCC)C(=O)C(=O)N(c1ccccc1)c1ccc(N)cc1. The smallest absolute Gasteiger partial charge is 0.321 e. The number of para-hydroxylation sites is 1. The summed E-state index contributed by atoms with van der Waals surface area (Å²) in [7, 11) is 0. The van der Waals surface area contributed by atoms with E-state index in [9.17, 15) is 9.59 Å². The molecule has 5 nitrogen and oxygen atoms in total. The van der Waals surface area contributed by atoms with Gasteiger partial charge in [-0.2, -0.15) is 0 Å². The third-order valence-corrected chi connectivity index (χ3v) is 4.40. The maximum Gasteiger partial charge on any atom is 0.321 e. The minimum absolute atomic E-state index is 0.461. The summed E-state index contributed by atoms with van der Waals surface area (Å²) in [4.78, 5) is 29.4. The van der Waals surface area contributed by atoms with Gasteiger partial charge in [0.25, 0.3) is 0 Å². The largest absolute Gasteiger partial charge is 0.399 e. The Labute approximate surface area is 161 Å². The summed E-state index contributed by atoms with van der Waals surface area (Å²) in [5, 5.41) is 0. The van der Waals surface area contributed by atoms with Gasteiger partial charge in [0.05, 0.1) is 0 Å². The van der Waals surface area contributed by atoms with Crippen LogP contribution in [-0.4, -0.2) is 29.8 Å². The van der Waals surface area contributed by atoms with Gasteiger partial charge < -0.3 is 10.6 Å². The third kappa shape index (κ3) is 5.58. The van der Waals surface area contributed by atoms with Crippen LogP contribution < -0.4 is 10.6 Å². The normalized spacial score (nSPS) is 10.4. The van der Waals surface area contributed by atoms with Crippen LogP contribution in [-0.2, 0) is 9.59 Å². The van der Waals surface area contributed by atoms with E-state index in [1.807, 2.05) is 30.3 Å². The second kappa shape index (κ2) is 10.4. The van der Waals surface area contributed by atoms with Gasteiger partial charge in [0.1, 0.15) is 0 Å². The molecule has 0 aromatic heterocycles.